The Morgan fingerprint density at radius 1 is 1.35 bits per heavy atom. The maximum Gasteiger partial charge on any atom is 0.334 e. The molecule has 1 rings (SSSR count). The fourth-order valence-electron chi connectivity index (χ4n) is 1.79. The minimum Gasteiger partial charge on any atom is -0.443 e. The molecule has 0 amide bonds. The lowest BCUT2D eigenvalue weighted by Gasteiger charge is -2.31. The average Bonchev–Trinajstić information content (AvgIpc) is 2.38. The fourth-order valence-corrected chi connectivity index (χ4v) is 1.79. The zero-order valence-corrected chi connectivity index (χ0v) is 13.4. The van der Waals surface area contributed by atoms with Gasteiger partial charge in [0.2, 0.25) is 0 Å². The first-order valence-corrected chi connectivity index (χ1v) is 6.56. The molecule has 0 spiro atoms. The smallest absolute Gasteiger partial charge is 0.334 e. The Hall–Kier alpha value is -1.32. The number of ether oxygens (including phenoxy) is 1. The Labute approximate surface area is 127 Å². The van der Waals surface area contributed by atoms with Gasteiger partial charge in [-0.3, -0.25) is 5.32 Å². The molecule has 0 saturated heterocycles. The summed E-state index contributed by atoms with van der Waals surface area (Å²) >= 11 is 0. The molecule has 1 aromatic carbocycles. The number of rotatable bonds is 6. The summed E-state index contributed by atoms with van der Waals surface area (Å²) in [6.07, 6.45) is 0.384. The van der Waals surface area contributed by atoms with E-state index in [-0.39, 0.29) is 30.1 Å². The maximum absolute atomic E-state index is 11.6. The summed E-state index contributed by atoms with van der Waals surface area (Å²) in [7, 11) is 0. The minimum atomic E-state index is -0.358. The monoisotopic (exact) mass is 297 g/mol. The number of halogens is 1. The van der Waals surface area contributed by atoms with E-state index < -0.39 is 0 Å². The van der Waals surface area contributed by atoms with Crippen molar-refractivity contribution in [3.05, 3.63) is 48.0 Å². The fraction of sp³-hybridized carbons (Fsp3) is 0.438. The Kier molecular flexibility index (Phi) is 7.54. The number of nitrogens with one attached hydrogen (secondary N) is 1. The van der Waals surface area contributed by atoms with Crippen molar-refractivity contribution >= 4 is 18.4 Å². The molecule has 0 bridgehead atoms. The average molecular weight is 298 g/mol. The number of hydrogen-bond acceptors (Lipinski definition) is 3. The van der Waals surface area contributed by atoms with Gasteiger partial charge in [-0.05, 0) is 32.8 Å². The first kappa shape index (κ1) is 18.7. The molecule has 0 saturated carbocycles. The van der Waals surface area contributed by atoms with E-state index in [9.17, 15) is 4.79 Å². The first-order chi connectivity index (χ1) is 8.86. The molecule has 0 aliphatic heterocycles. The summed E-state index contributed by atoms with van der Waals surface area (Å²) in [6, 6.07) is 10.1. The molecule has 112 valence electrons. The molecule has 1 N–H and O–H groups in total. The van der Waals surface area contributed by atoms with Gasteiger partial charge in [0.1, 0.15) is 0 Å². The SMILES string of the molecule is C=C(C)C(=O)OC(CC)NC(C)(C)c1ccccc1.Cl. The number of hydrogen-bond donors (Lipinski definition) is 1. The van der Waals surface area contributed by atoms with Crippen LogP contribution in [0.2, 0.25) is 0 Å². The largest absolute Gasteiger partial charge is 0.443 e. The van der Waals surface area contributed by atoms with Crippen LogP contribution in [0.4, 0.5) is 0 Å². The summed E-state index contributed by atoms with van der Waals surface area (Å²) in [5.41, 5.74) is 1.30. The van der Waals surface area contributed by atoms with Crippen molar-refractivity contribution in [1.29, 1.82) is 0 Å². The van der Waals surface area contributed by atoms with Gasteiger partial charge in [-0.25, -0.2) is 4.79 Å². The van der Waals surface area contributed by atoms with Crippen LogP contribution in [0.1, 0.15) is 39.7 Å². The highest BCUT2D eigenvalue weighted by Gasteiger charge is 2.25. The third-order valence-corrected chi connectivity index (χ3v) is 2.99. The van der Waals surface area contributed by atoms with E-state index in [4.69, 9.17) is 4.74 Å². The van der Waals surface area contributed by atoms with E-state index in [1.165, 1.54) is 0 Å². The van der Waals surface area contributed by atoms with Gasteiger partial charge >= 0.3 is 5.97 Å². The van der Waals surface area contributed by atoms with E-state index in [2.05, 4.69) is 37.9 Å². The van der Waals surface area contributed by atoms with Crippen LogP contribution in [0.15, 0.2) is 42.5 Å². The summed E-state index contributed by atoms with van der Waals surface area (Å²) < 4.78 is 5.37. The van der Waals surface area contributed by atoms with E-state index in [1.54, 1.807) is 6.92 Å². The van der Waals surface area contributed by atoms with Gasteiger partial charge in [-0.2, -0.15) is 0 Å². The van der Waals surface area contributed by atoms with Crippen molar-refractivity contribution in [2.45, 2.75) is 45.9 Å². The number of carbonyl (C=O) groups excluding carboxylic acids is 1. The molecule has 1 unspecified atom stereocenters. The highest BCUT2D eigenvalue weighted by atomic mass is 35.5. The summed E-state index contributed by atoms with van der Waals surface area (Å²) in [5.74, 6) is -0.358. The van der Waals surface area contributed by atoms with Crippen molar-refractivity contribution in [1.82, 2.24) is 5.32 Å². The van der Waals surface area contributed by atoms with Crippen molar-refractivity contribution in [3.8, 4) is 0 Å². The van der Waals surface area contributed by atoms with Gasteiger partial charge in [0.05, 0.1) is 0 Å². The number of benzene rings is 1. The second-order valence-electron chi connectivity index (χ2n) is 5.22. The van der Waals surface area contributed by atoms with Crippen LogP contribution >= 0.6 is 12.4 Å². The van der Waals surface area contributed by atoms with Crippen LogP contribution in [0, 0.1) is 0 Å². The molecular weight excluding hydrogens is 274 g/mol. The highest BCUT2D eigenvalue weighted by Crippen LogP contribution is 2.21. The van der Waals surface area contributed by atoms with Gasteiger partial charge in [0.25, 0.3) is 0 Å². The van der Waals surface area contributed by atoms with Crippen LogP contribution in [0.5, 0.6) is 0 Å². The normalized spacial score (nSPS) is 12.2. The van der Waals surface area contributed by atoms with Crippen molar-refractivity contribution in [3.63, 3.8) is 0 Å². The van der Waals surface area contributed by atoms with Crippen molar-refractivity contribution in [2.75, 3.05) is 0 Å². The van der Waals surface area contributed by atoms with Gasteiger partial charge in [-0.1, -0.05) is 43.8 Å². The molecule has 0 aliphatic carbocycles. The van der Waals surface area contributed by atoms with Crippen LogP contribution in [-0.2, 0) is 15.1 Å². The van der Waals surface area contributed by atoms with Crippen LogP contribution in [0.25, 0.3) is 0 Å². The third-order valence-electron chi connectivity index (χ3n) is 2.99. The Morgan fingerprint density at radius 2 is 1.90 bits per heavy atom. The molecule has 1 aromatic rings. The second-order valence-corrected chi connectivity index (χ2v) is 5.22. The van der Waals surface area contributed by atoms with Crippen molar-refractivity contribution in [2.24, 2.45) is 0 Å². The van der Waals surface area contributed by atoms with E-state index >= 15 is 0 Å². The topological polar surface area (TPSA) is 38.3 Å². The number of esters is 1. The molecular formula is C16H24ClNO2. The summed E-state index contributed by atoms with van der Waals surface area (Å²) in [5, 5.41) is 3.36. The van der Waals surface area contributed by atoms with Crippen molar-refractivity contribution < 1.29 is 9.53 Å². The molecule has 0 aliphatic rings. The first-order valence-electron chi connectivity index (χ1n) is 6.56. The second kappa shape index (κ2) is 8.08. The van der Waals surface area contributed by atoms with Crippen LogP contribution in [0.3, 0.4) is 0 Å². The lowest BCUT2D eigenvalue weighted by atomic mass is 9.94. The molecule has 20 heavy (non-hydrogen) atoms. The molecule has 0 fully saturated rings. The number of carbonyl (C=O) groups is 1. The lowest BCUT2D eigenvalue weighted by molar-refractivity contribution is -0.147. The molecule has 3 nitrogen and oxygen atoms in total. The van der Waals surface area contributed by atoms with E-state index in [0.717, 1.165) is 5.56 Å². The van der Waals surface area contributed by atoms with Gasteiger partial charge in [-0.15, -0.1) is 12.4 Å². The zero-order valence-electron chi connectivity index (χ0n) is 12.6. The van der Waals surface area contributed by atoms with E-state index in [1.807, 2.05) is 25.1 Å². The van der Waals surface area contributed by atoms with E-state index in [0.29, 0.717) is 12.0 Å². The van der Waals surface area contributed by atoms with Gasteiger partial charge < -0.3 is 4.74 Å². The third kappa shape index (κ3) is 5.35. The van der Waals surface area contributed by atoms with Gasteiger partial charge in [0.15, 0.2) is 6.23 Å². The maximum atomic E-state index is 11.6. The predicted molar refractivity (Wildman–Crippen MR) is 84.8 cm³/mol. The highest BCUT2D eigenvalue weighted by molar-refractivity contribution is 5.87. The summed E-state index contributed by atoms with van der Waals surface area (Å²) in [4.78, 5) is 11.6. The Balaban J connectivity index is 0.00000361. The predicted octanol–water partition coefficient (Wildman–Crippen LogP) is 3.79. The van der Waals surface area contributed by atoms with Crippen LogP contribution in [-0.4, -0.2) is 12.2 Å². The zero-order chi connectivity index (χ0) is 14.5. The quantitative estimate of drug-likeness (QED) is 0.493. The minimum absolute atomic E-state index is 0. The summed E-state index contributed by atoms with van der Waals surface area (Å²) in [6.45, 7) is 11.4. The van der Waals surface area contributed by atoms with Gasteiger partial charge in [0, 0.05) is 11.1 Å². The lowest BCUT2D eigenvalue weighted by Crippen LogP contribution is -2.45. The molecule has 0 heterocycles. The molecule has 1 atom stereocenters. The standard InChI is InChI=1S/C16H23NO2.ClH/c1-6-14(19-15(18)12(2)3)17-16(4,5)13-10-8-7-9-11-13;/h7-11,14,17H,2,6H2,1,3-5H3;1H. The molecule has 0 aromatic heterocycles. The van der Waals surface area contributed by atoms with Crippen LogP contribution < -0.4 is 5.32 Å². The Morgan fingerprint density at radius 3 is 2.35 bits per heavy atom. The molecule has 0 radical (unpaired) electrons. The molecule has 4 heteroatoms. The Bertz CT molecular complexity index is 443.